The summed E-state index contributed by atoms with van der Waals surface area (Å²) < 4.78 is 17.1. The number of hydrogen-bond donors (Lipinski definition) is 0. The first-order valence-electron chi connectivity index (χ1n) is 38.2. The summed E-state index contributed by atoms with van der Waals surface area (Å²) in [5.74, 6) is -0.823. The van der Waals surface area contributed by atoms with Gasteiger partial charge in [0.1, 0.15) is 13.2 Å². The highest BCUT2D eigenvalue weighted by molar-refractivity contribution is 5.71. The van der Waals surface area contributed by atoms with Crippen LogP contribution in [0.25, 0.3) is 0 Å². The number of carbonyl (C=O) groups excluding carboxylic acids is 3. The molecule has 0 spiro atoms. The van der Waals surface area contributed by atoms with Crippen LogP contribution >= 0.6 is 0 Å². The first kappa shape index (κ1) is 81.2. The van der Waals surface area contributed by atoms with E-state index in [2.05, 4.69) is 32.9 Å². The topological polar surface area (TPSA) is 78.9 Å². The van der Waals surface area contributed by atoms with Gasteiger partial charge in [-0.25, -0.2) is 0 Å². The second kappa shape index (κ2) is 72.6. The summed E-state index contributed by atoms with van der Waals surface area (Å²) >= 11 is 0. The van der Waals surface area contributed by atoms with Gasteiger partial charge in [0.15, 0.2) is 6.10 Å². The second-order valence-corrected chi connectivity index (χ2v) is 26.3. The predicted molar refractivity (Wildman–Crippen MR) is 363 cm³/mol. The third kappa shape index (κ3) is 70.8. The van der Waals surface area contributed by atoms with Crippen molar-refractivity contribution >= 4 is 17.9 Å². The van der Waals surface area contributed by atoms with Crippen LogP contribution in [0.4, 0.5) is 0 Å². The number of unbranched alkanes of at least 4 members (excludes halogenated alkanes) is 59. The third-order valence-electron chi connectivity index (χ3n) is 17.8. The highest BCUT2D eigenvalue weighted by Gasteiger charge is 2.20. The maximum Gasteiger partial charge on any atom is 0.306 e. The van der Waals surface area contributed by atoms with Crippen molar-refractivity contribution in [2.75, 3.05) is 13.2 Å². The lowest BCUT2D eigenvalue weighted by Crippen LogP contribution is -2.30. The van der Waals surface area contributed by atoms with Gasteiger partial charge in [0.05, 0.1) is 0 Å². The van der Waals surface area contributed by atoms with Crippen molar-refractivity contribution < 1.29 is 28.6 Å². The van der Waals surface area contributed by atoms with E-state index < -0.39 is 6.10 Å². The van der Waals surface area contributed by atoms with Gasteiger partial charge < -0.3 is 14.2 Å². The van der Waals surface area contributed by atoms with Gasteiger partial charge in [-0.2, -0.15) is 0 Å². The summed E-state index contributed by atoms with van der Waals surface area (Å²) in [6.45, 7) is 6.74. The van der Waals surface area contributed by atoms with E-state index in [9.17, 15) is 14.4 Å². The van der Waals surface area contributed by atoms with Crippen LogP contribution in [0.3, 0.4) is 0 Å². The molecule has 0 heterocycles. The Bertz CT molecular complexity index is 1300. The van der Waals surface area contributed by atoms with Gasteiger partial charge in [-0.05, 0) is 44.9 Å². The lowest BCUT2D eigenvalue weighted by Gasteiger charge is -2.18. The lowest BCUT2D eigenvalue weighted by molar-refractivity contribution is -0.167. The van der Waals surface area contributed by atoms with Gasteiger partial charge in [-0.1, -0.05) is 392 Å². The van der Waals surface area contributed by atoms with Crippen LogP contribution in [0.15, 0.2) is 12.2 Å². The van der Waals surface area contributed by atoms with Crippen molar-refractivity contribution in [3.05, 3.63) is 12.2 Å². The van der Waals surface area contributed by atoms with Crippen LogP contribution in [-0.4, -0.2) is 37.2 Å². The molecule has 0 rings (SSSR count). The maximum absolute atomic E-state index is 13.0. The van der Waals surface area contributed by atoms with E-state index in [1.165, 1.54) is 347 Å². The molecule has 492 valence electrons. The molecule has 1 atom stereocenters. The molecule has 1 unspecified atom stereocenters. The smallest absolute Gasteiger partial charge is 0.306 e. The van der Waals surface area contributed by atoms with Crippen LogP contribution in [-0.2, 0) is 28.6 Å². The summed E-state index contributed by atoms with van der Waals surface area (Å²) in [5.41, 5.74) is 0. The fourth-order valence-electron chi connectivity index (χ4n) is 12.0. The van der Waals surface area contributed by atoms with E-state index in [1.807, 2.05) is 0 Å². The number of allylic oxidation sites excluding steroid dienone is 2. The molecule has 0 saturated carbocycles. The maximum atomic E-state index is 13.0. The molecule has 0 fully saturated rings. The van der Waals surface area contributed by atoms with Crippen LogP contribution in [0.1, 0.15) is 445 Å². The fourth-order valence-corrected chi connectivity index (χ4v) is 12.0. The standard InChI is InChI=1S/C77H148O6/c1-4-7-10-13-16-19-22-25-28-31-34-36-37-38-39-40-41-44-46-49-52-55-58-61-64-67-70-76(79)82-73-74(72-81-75(78)69-66-63-60-57-54-51-48-45-42-33-30-27-24-21-18-15-12-9-6-3)83-77(80)71-68-65-62-59-56-53-50-47-43-35-32-29-26-23-20-17-14-11-8-5-2/h27,30,74H,4-26,28-29,31-73H2,1-3H3/b30-27-. The Balaban J connectivity index is 4.25. The zero-order valence-electron chi connectivity index (χ0n) is 56.8. The summed E-state index contributed by atoms with van der Waals surface area (Å²) in [5, 5.41) is 0. The summed E-state index contributed by atoms with van der Waals surface area (Å²) in [6.07, 6.45) is 88.3. The zero-order chi connectivity index (χ0) is 59.9. The normalized spacial score (nSPS) is 12.0. The molecule has 6 heteroatoms. The SMILES string of the molecule is CCCCCCCC/C=C\CCCCCCCCCCCC(=O)OCC(COC(=O)CCCCCCCCCCCCCCCCCCCCCCCCCCCC)OC(=O)CCCCCCCCCCCCCCCCCCCCCC. The average molecular weight is 1170 g/mol. The largest absolute Gasteiger partial charge is 0.462 e. The van der Waals surface area contributed by atoms with E-state index in [0.29, 0.717) is 19.3 Å². The number of rotatable bonds is 72. The van der Waals surface area contributed by atoms with Crippen molar-refractivity contribution in [2.45, 2.75) is 451 Å². The van der Waals surface area contributed by atoms with Crippen LogP contribution < -0.4 is 0 Å². The van der Waals surface area contributed by atoms with Gasteiger partial charge in [-0.15, -0.1) is 0 Å². The van der Waals surface area contributed by atoms with E-state index >= 15 is 0 Å². The van der Waals surface area contributed by atoms with Gasteiger partial charge in [0.2, 0.25) is 0 Å². The number of hydrogen-bond acceptors (Lipinski definition) is 6. The Hall–Kier alpha value is -1.85. The molecule has 0 N–H and O–H groups in total. The highest BCUT2D eigenvalue weighted by atomic mass is 16.6. The number of ether oxygens (including phenoxy) is 3. The molecule has 0 aromatic carbocycles. The minimum atomic E-state index is -0.768. The molecule has 0 aromatic heterocycles. The van der Waals surface area contributed by atoms with Gasteiger partial charge in [0.25, 0.3) is 0 Å². The first-order valence-corrected chi connectivity index (χ1v) is 38.2. The Morgan fingerprint density at radius 3 is 0.602 bits per heavy atom. The summed E-state index contributed by atoms with van der Waals surface area (Å²) in [7, 11) is 0. The lowest BCUT2D eigenvalue weighted by atomic mass is 10.0. The van der Waals surface area contributed by atoms with Gasteiger partial charge >= 0.3 is 17.9 Å². The third-order valence-corrected chi connectivity index (χ3v) is 17.8. The molecule has 0 radical (unpaired) electrons. The molecule has 0 aliphatic carbocycles. The molecule has 83 heavy (non-hydrogen) atoms. The van der Waals surface area contributed by atoms with Crippen molar-refractivity contribution in [3.8, 4) is 0 Å². The van der Waals surface area contributed by atoms with Gasteiger partial charge in [-0.3, -0.25) is 14.4 Å². The number of carbonyl (C=O) groups is 3. The Kier molecular flexibility index (Phi) is 71.0. The van der Waals surface area contributed by atoms with Crippen molar-refractivity contribution in [1.82, 2.24) is 0 Å². The molecular formula is C77H148O6. The van der Waals surface area contributed by atoms with Crippen LogP contribution in [0.2, 0.25) is 0 Å². The quantitative estimate of drug-likeness (QED) is 0.0261. The van der Waals surface area contributed by atoms with Crippen LogP contribution in [0.5, 0.6) is 0 Å². The number of esters is 3. The van der Waals surface area contributed by atoms with E-state index in [0.717, 1.165) is 57.8 Å². The Morgan fingerprint density at radius 2 is 0.398 bits per heavy atom. The minimum absolute atomic E-state index is 0.0630. The first-order chi connectivity index (χ1) is 41.0. The molecule has 0 saturated heterocycles. The molecule has 0 aromatic rings. The monoisotopic (exact) mass is 1170 g/mol. The molecule has 6 nitrogen and oxygen atoms in total. The summed E-state index contributed by atoms with van der Waals surface area (Å²) in [4.78, 5) is 38.6. The second-order valence-electron chi connectivity index (χ2n) is 26.3. The van der Waals surface area contributed by atoms with Crippen molar-refractivity contribution in [3.63, 3.8) is 0 Å². The molecular weight excluding hydrogens is 1020 g/mol. The average Bonchev–Trinajstić information content (AvgIpc) is 3.49. The highest BCUT2D eigenvalue weighted by Crippen LogP contribution is 2.20. The molecule has 0 bridgehead atoms. The Labute approximate surface area is 520 Å². The summed E-state index contributed by atoms with van der Waals surface area (Å²) in [6, 6.07) is 0. The molecule has 0 aliphatic heterocycles. The van der Waals surface area contributed by atoms with E-state index in [1.54, 1.807) is 0 Å². The molecule has 0 aliphatic rings. The Morgan fingerprint density at radius 1 is 0.229 bits per heavy atom. The molecule has 0 amide bonds. The van der Waals surface area contributed by atoms with Crippen molar-refractivity contribution in [1.29, 1.82) is 0 Å². The zero-order valence-corrected chi connectivity index (χ0v) is 56.8. The predicted octanol–water partition coefficient (Wildman–Crippen LogP) is 26.3. The van der Waals surface area contributed by atoms with Crippen molar-refractivity contribution in [2.24, 2.45) is 0 Å². The van der Waals surface area contributed by atoms with Gasteiger partial charge in [0, 0.05) is 19.3 Å². The van der Waals surface area contributed by atoms with E-state index in [4.69, 9.17) is 14.2 Å². The minimum Gasteiger partial charge on any atom is -0.462 e. The van der Waals surface area contributed by atoms with Crippen LogP contribution in [0, 0.1) is 0 Å². The van der Waals surface area contributed by atoms with E-state index in [-0.39, 0.29) is 31.1 Å². The fraction of sp³-hybridized carbons (Fsp3) is 0.935.